The van der Waals surface area contributed by atoms with Crippen LogP contribution in [0.3, 0.4) is 0 Å². The zero-order chi connectivity index (χ0) is 30.1. The monoisotopic (exact) mass is 586 g/mol. The Morgan fingerprint density at radius 2 is 0.667 bits per heavy atom. The Balaban J connectivity index is 0. The first kappa shape index (κ1) is 44.2. The molecular formula is C38H76LiNO2. The van der Waals surface area contributed by atoms with Crippen molar-refractivity contribution in [1.29, 1.82) is 0 Å². The number of unbranched alkanes of at least 4 members (excludes halogenated alkanes) is 28. The largest absolute Gasteiger partial charge is 1.00 e. The van der Waals surface area contributed by atoms with E-state index in [1.54, 1.807) is 0 Å². The van der Waals surface area contributed by atoms with Gasteiger partial charge in [-0.05, 0) is 32.9 Å². The van der Waals surface area contributed by atoms with Crippen molar-refractivity contribution in [2.75, 3.05) is 13.1 Å². The molecule has 0 radical (unpaired) electrons. The number of carbonyl (C=O) groups is 1. The van der Waals surface area contributed by atoms with Gasteiger partial charge in [0.05, 0.1) is 0 Å². The van der Waals surface area contributed by atoms with Crippen LogP contribution in [-0.2, 0) is 4.79 Å². The first-order valence-electron chi connectivity index (χ1n) is 19.1. The van der Waals surface area contributed by atoms with Crippen molar-refractivity contribution in [3.8, 4) is 0 Å². The third-order valence-electron chi connectivity index (χ3n) is 9.18. The summed E-state index contributed by atoms with van der Waals surface area (Å²) in [6.45, 7) is 8.75. The third kappa shape index (κ3) is 34.5. The summed E-state index contributed by atoms with van der Waals surface area (Å²) < 4.78 is 0. The molecule has 246 valence electrons. The van der Waals surface area contributed by atoms with Crippen molar-refractivity contribution in [2.24, 2.45) is 0 Å². The van der Waals surface area contributed by atoms with Gasteiger partial charge >= 0.3 is 18.9 Å². The van der Waals surface area contributed by atoms with Crippen molar-refractivity contribution in [2.45, 2.75) is 226 Å². The molecule has 0 fully saturated rings. The number of carboxylic acids is 1. The minimum absolute atomic E-state index is 0. The molecule has 0 aromatic rings. The number of carboxylic acid groups (broad SMARTS) is 1. The van der Waals surface area contributed by atoms with Crippen LogP contribution >= 0.6 is 0 Å². The van der Waals surface area contributed by atoms with Crippen LogP contribution in [0.2, 0.25) is 0 Å². The van der Waals surface area contributed by atoms with E-state index in [9.17, 15) is 9.90 Å². The van der Waals surface area contributed by atoms with Crippen LogP contribution in [0.15, 0.2) is 0 Å². The van der Waals surface area contributed by atoms with Crippen molar-refractivity contribution < 1.29 is 28.8 Å². The van der Waals surface area contributed by atoms with Gasteiger partial charge in [0.1, 0.15) is 0 Å². The second-order valence-electron chi connectivity index (χ2n) is 13.4. The average molecular weight is 586 g/mol. The molecule has 0 amide bonds. The summed E-state index contributed by atoms with van der Waals surface area (Å²) in [5.74, 6) is -0.907. The van der Waals surface area contributed by atoms with Gasteiger partial charge in [-0.3, -0.25) is 0 Å². The maximum absolute atomic E-state index is 11.2. The second-order valence-corrected chi connectivity index (χ2v) is 13.4. The molecule has 0 N–H and O–H groups in total. The van der Waals surface area contributed by atoms with Gasteiger partial charge in [0.25, 0.3) is 0 Å². The number of hydrogen-bond acceptors (Lipinski definition) is 3. The molecule has 0 rings (SSSR count). The molecule has 0 heterocycles. The summed E-state index contributed by atoms with van der Waals surface area (Å²) in [5.41, 5.74) is 0. The van der Waals surface area contributed by atoms with Gasteiger partial charge < -0.3 is 14.8 Å². The van der Waals surface area contributed by atoms with E-state index in [0.717, 1.165) is 13.1 Å². The van der Waals surface area contributed by atoms with Crippen LogP contribution in [0, 0.1) is 0 Å². The van der Waals surface area contributed by atoms with Crippen LogP contribution in [0.1, 0.15) is 220 Å². The van der Waals surface area contributed by atoms with Gasteiger partial charge in [-0.25, -0.2) is 0 Å². The minimum atomic E-state index is -0.907. The first-order valence-corrected chi connectivity index (χ1v) is 19.1. The van der Waals surface area contributed by atoms with Crippen molar-refractivity contribution in [3.63, 3.8) is 0 Å². The van der Waals surface area contributed by atoms with Crippen molar-refractivity contribution in [3.05, 3.63) is 0 Å². The van der Waals surface area contributed by atoms with E-state index in [1.165, 1.54) is 193 Å². The third-order valence-corrected chi connectivity index (χ3v) is 9.18. The molecule has 0 aromatic heterocycles. The Morgan fingerprint density at radius 3 is 0.881 bits per heavy atom. The summed E-state index contributed by atoms with van der Waals surface area (Å²) in [6, 6.07) is 0.0956. The van der Waals surface area contributed by atoms with Crippen molar-refractivity contribution in [1.82, 2.24) is 4.90 Å². The molecule has 3 nitrogen and oxygen atoms in total. The second kappa shape index (κ2) is 37.2. The summed E-state index contributed by atoms with van der Waals surface area (Å²) in [6.07, 6.45) is 41.7. The van der Waals surface area contributed by atoms with Gasteiger partial charge in [0.15, 0.2) is 0 Å². The Bertz CT molecular complexity index is 481. The Hall–Kier alpha value is 0.0274. The van der Waals surface area contributed by atoms with Gasteiger partial charge in [-0.1, -0.05) is 194 Å². The molecule has 0 saturated carbocycles. The molecule has 1 unspecified atom stereocenters. The molecule has 0 spiro atoms. The fraction of sp³-hybridized carbons (Fsp3) is 0.974. The smallest absolute Gasteiger partial charge is 0.550 e. The fourth-order valence-electron chi connectivity index (χ4n) is 6.30. The number of aliphatic carboxylic acids is 1. The summed E-state index contributed by atoms with van der Waals surface area (Å²) in [7, 11) is 0. The van der Waals surface area contributed by atoms with Crippen LogP contribution in [-0.4, -0.2) is 30.0 Å². The van der Waals surface area contributed by atoms with Gasteiger partial charge in [0.2, 0.25) is 0 Å². The van der Waals surface area contributed by atoms with Crippen molar-refractivity contribution >= 4 is 5.97 Å². The van der Waals surface area contributed by atoms with E-state index in [1.807, 2.05) is 0 Å². The molecular weight excluding hydrogens is 509 g/mol. The number of nitrogens with zero attached hydrogens (tertiary/aromatic N) is 1. The standard InChI is InChI=1S/C38H77NO2.Li/c1-4-6-8-10-12-14-16-18-20-22-24-26-28-30-32-34-39(37(3)36-38(40)41)35-33-31-29-27-25-23-21-19-17-15-13-11-9-7-5-2;/h37H,4-36H2,1-3H3,(H,40,41);/q;+1/p-1. The topological polar surface area (TPSA) is 43.4 Å². The quantitative estimate of drug-likeness (QED) is 0.0553. The maximum Gasteiger partial charge on any atom is 1.00 e. The summed E-state index contributed by atoms with van der Waals surface area (Å²) >= 11 is 0. The van der Waals surface area contributed by atoms with Crippen LogP contribution in [0.5, 0.6) is 0 Å². The maximum atomic E-state index is 11.2. The molecule has 0 aliphatic rings. The molecule has 0 saturated heterocycles. The molecule has 42 heavy (non-hydrogen) atoms. The van der Waals surface area contributed by atoms with E-state index in [0.29, 0.717) is 0 Å². The van der Waals surface area contributed by atoms with Gasteiger partial charge in [-0.15, -0.1) is 0 Å². The van der Waals surface area contributed by atoms with E-state index >= 15 is 0 Å². The molecule has 0 aliphatic heterocycles. The van der Waals surface area contributed by atoms with E-state index < -0.39 is 5.97 Å². The predicted molar refractivity (Wildman–Crippen MR) is 181 cm³/mol. The van der Waals surface area contributed by atoms with Gasteiger partial charge in [0, 0.05) is 18.4 Å². The molecule has 4 heteroatoms. The average Bonchev–Trinajstić information content (AvgIpc) is 2.95. The molecule has 0 bridgehead atoms. The first-order chi connectivity index (χ1) is 20.1. The normalized spacial score (nSPS) is 12.1. The number of rotatable bonds is 35. The van der Waals surface area contributed by atoms with Gasteiger partial charge in [-0.2, -0.15) is 0 Å². The fourth-order valence-corrected chi connectivity index (χ4v) is 6.30. The SMILES string of the molecule is CCCCCCCCCCCCCCCCCN(CCCCCCCCCCCCCCCCC)C(C)CC(=O)[O-].[Li+]. The van der Waals surface area contributed by atoms with E-state index in [2.05, 4.69) is 25.7 Å². The molecule has 0 aliphatic carbocycles. The van der Waals surface area contributed by atoms with Crippen LogP contribution in [0.4, 0.5) is 0 Å². The molecule has 0 aromatic carbocycles. The summed E-state index contributed by atoms with van der Waals surface area (Å²) in [5, 5.41) is 11.2. The van der Waals surface area contributed by atoms with Crippen LogP contribution < -0.4 is 24.0 Å². The number of hydrogen-bond donors (Lipinski definition) is 0. The van der Waals surface area contributed by atoms with Crippen LogP contribution in [0.25, 0.3) is 0 Å². The van der Waals surface area contributed by atoms with E-state index in [-0.39, 0.29) is 31.3 Å². The Morgan fingerprint density at radius 1 is 0.452 bits per heavy atom. The Kier molecular flexibility index (Phi) is 39.1. The minimum Gasteiger partial charge on any atom is -0.550 e. The Labute approximate surface area is 277 Å². The predicted octanol–water partition coefficient (Wildman–Crippen LogP) is 8.56. The van der Waals surface area contributed by atoms with E-state index in [4.69, 9.17) is 0 Å². The number of carbonyl (C=O) groups excluding carboxylic acids is 1. The molecule has 1 atom stereocenters. The zero-order valence-electron chi connectivity index (χ0n) is 29.7. The zero-order valence-corrected chi connectivity index (χ0v) is 29.7. The summed E-state index contributed by atoms with van der Waals surface area (Å²) in [4.78, 5) is 13.6.